The Morgan fingerprint density at radius 1 is 0.714 bits per heavy atom. The van der Waals surface area contributed by atoms with Crippen LogP contribution in [-0.4, -0.2) is 12.5 Å². The van der Waals surface area contributed by atoms with Gasteiger partial charge in [0.05, 0.1) is 0 Å². The van der Waals surface area contributed by atoms with Gasteiger partial charge in [-0.25, -0.2) is 0 Å². The Bertz CT molecular complexity index is 497. The Hall–Kier alpha value is -1.31. The lowest BCUT2D eigenvalue weighted by Gasteiger charge is -2.06. The lowest BCUT2D eigenvalue weighted by Crippen LogP contribution is -2.24. The number of hydrogen-bond donors (Lipinski definition) is 1. The zero-order valence-corrected chi connectivity index (χ0v) is 18.7. The topological polar surface area (TPSA) is 29.1 Å². The van der Waals surface area contributed by atoms with Crippen molar-refractivity contribution >= 4 is 5.91 Å². The molecule has 0 bridgehead atoms. The van der Waals surface area contributed by atoms with Crippen LogP contribution in [0.1, 0.15) is 126 Å². The minimum absolute atomic E-state index is 0.0599. The molecule has 2 nitrogen and oxygen atoms in total. The summed E-state index contributed by atoms with van der Waals surface area (Å²) < 4.78 is 0. The fraction of sp³-hybridized carbons (Fsp3) is 0.731. The summed E-state index contributed by atoms with van der Waals surface area (Å²) in [5.41, 5.74) is 1.91. The molecule has 1 aromatic carbocycles. The first-order valence-corrected chi connectivity index (χ1v) is 12.1. The zero-order valence-electron chi connectivity index (χ0n) is 18.7. The molecule has 0 unspecified atom stereocenters. The van der Waals surface area contributed by atoms with Gasteiger partial charge in [-0.3, -0.25) is 4.79 Å². The lowest BCUT2D eigenvalue weighted by molar-refractivity contribution is 0.0953. The van der Waals surface area contributed by atoms with Gasteiger partial charge in [-0.15, -0.1) is 0 Å². The largest absolute Gasteiger partial charge is 0.352 e. The van der Waals surface area contributed by atoms with E-state index in [1.165, 1.54) is 96.3 Å². The molecule has 0 heterocycles. The number of rotatable bonds is 18. The summed E-state index contributed by atoms with van der Waals surface area (Å²) >= 11 is 0. The molecule has 0 fully saturated rings. The maximum Gasteiger partial charge on any atom is 0.251 e. The van der Waals surface area contributed by atoms with Gasteiger partial charge >= 0.3 is 0 Å². The summed E-state index contributed by atoms with van der Waals surface area (Å²) in [6.45, 7) is 5.10. The van der Waals surface area contributed by atoms with Gasteiger partial charge in [0.1, 0.15) is 0 Å². The van der Waals surface area contributed by atoms with E-state index in [4.69, 9.17) is 0 Å². The third-order valence-corrected chi connectivity index (χ3v) is 5.60. The Kier molecular flexibility index (Phi) is 15.7. The molecule has 0 spiro atoms. The SMILES string of the molecule is CCCCCCCCCCCCCCCCCCNC(=O)c1cccc(C)c1. The van der Waals surface area contributed by atoms with Crippen molar-refractivity contribution in [3.63, 3.8) is 0 Å². The smallest absolute Gasteiger partial charge is 0.251 e. The Morgan fingerprint density at radius 2 is 1.18 bits per heavy atom. The van der Waals surface area contributed by atoms with Gasteiger partial charge in [0.15, 0.2) is 0 Å². The summed E-state index contributed by atoms with van der Waals surface area (Å²) in [6, 6.07) is 7.80. The molecule has 28 heavy (non-hydrogen) atoms. The highest BCUT2D eigenvalue weighted by Crippen LogP contribution is 2.13. The highest BCUT2D eigenvalue weighted by atomic mass is 16.1. The molecule has 2 heteroatoms. The van der Waals surface area contributed by atoms with E-state index >= 15 is 0 Å². The predicted molar refractivity (Wildman–Crippen MR) is 123 cm³/mol. The number of aryl methyl sites for hydroxylation is 1. The number of nitrogens with one attached hydrogen (secondary N) is 1. The van der Waals surface area contributed by atoms with Gasteiger partial charge in [-0.1, -0.05) is 121 Å². The lowest BCUT2D eigenvalue weighted by atomic mass is 10.0. The zero-order chi connectivity index (χ0) is 20.3. The van der Waals surface area contributed by atoms with Crippen LogP contribution in [0.5, 0.6) is 0 Å². The first kappa shape index (κ1) is 24.7. The highest BCUT2D eigenvalue weighted by Gasteiger charge is 2.03. The number of carbonyl (C=O) groups excluding carboxylic acids is 1. The van der Waals surface area contributed by atoms with Crippen molar-refractivity contribution in [1.29, 1.82) is 0 Å². The molecule has 0 atom stereocenters. The van der Waals surface area contributed by atoms with E-state index in [2.05, 4.69) is 12.2 Å². The van der Waals surface area contributed by atoms with Crippen molar-refractivity contribution < 1.29 is 4.79 Å². The molecule has 1 rings (SSSR count). The Labute approximate surface area is 174 Å². The van der Waals surface area contributed by atoms with E-state index in [0.29, 0.717) is 0 Å². The second-order valence-electron chi connectivity index (χ2n) is 8.43. The third-order valence-electron chi connectivity index (χ3n) is 5.60. The van der Waals surface area contributed by atoms with Gasteiger partial charge in [0.2, 0.25) is 0 Å². The molecule has 0 aromatic heterocycles. The fourth-order valence-electron chi connectivity index (χ4n) is 3.76. The Balaban J connectivity index is 1.79. The van der Waals surface area contributed by atoms with Crippen molar-refractivity contribution in [2.45, 2.75) is 117 Å². The molecular weight excluding hydrogens is 342 g/mol. The number of carbonyl (C=O) groups is 1. The number of hydrogen-bond acceptors (Lipinski definition) is 1. The van der Waals surface area contributed by atoms with Crippen LogP contribution in [0.15, 0.2) is 24.3 Å². The van der Waals surface area contributed by atoms with Crippen LogP contribution in [0.2, 0.25) is 0 Å². The van der Waals surface area contributed by atoms with E-state index < -0.39 is 0 Å². The normalized spacial score (nSPS) is 10.9. The average molecular weight is 388 g/mol. The molecule has 0 aliphatic rings. The highest BCUT2D eigenvalue weighted by molar-refractivity contribution is 5.94. The van der Waals surface area contributed by atoms with E-state index in [1.807, 2.05) is 31.2 Å². The number of benzene rings is 1. The average Bonchev–Trinajstić information content (AvgIpc) is 2.70. The molecule has 0 radical (unpaired) electrons. The molecular formula is C26H45NO. The number of unbranched alkanes of at least 4 members (excludes halogenated alkanes) is 15. The first-order chi connectivity index (χ1) is 13.7. The standard InChI is InChI=1S/C26H45NO/c1-3-4-5-6-7-8-9-10-11-12-13-14-15-16-17-18-22-27-26(28)25-21-19-20-24(2)23-25/h19-21,23H,3-18,22H2,1-2H3,(H,27,28). The second-order valence-corrected chi connectivity index (χ2v) is 8.43. The van der Waals surface area contributed by atoms with Crippen LogP contribution < -0.4 is 5.32 Å². The van der Waals surface area contributed by atoms with E-state index in [9.17, 15) is 4.79 Å². The van der Waals surface area contributed by atoms with Crippen molar-refractivity contribution in [2.75, 3.05) is 6.54 Å². The maximum absolute atomic E-state index is 12.0. The van der Waals surface area contributed by atoms with Crippen molar-refractivity contribution in [3.05, 3.63) is 35.4 Å². The van der Waals surface area contributed by atoms with Crippen LogP contribution in [-0.2, 0) is 0 Å². The van der Waals surface area contributed by atoms with Crippen molar-refractivity contribution in [2.24, 2.45) is 0 Å². The summed E-state index contributed by atoms with van der Waals surface area (Å²) in [5, 5.41) is 3.04. The number of amides is 1. The molecule has 1 amide bonds. The van der Waals surface area contributed by atoms with Gasteiger partial charge in [0.25, 0.3) is 5.91 Å². The van der Waals surface area contributed by atoms with Gasteiger partial charge < -0.3 is 5.32 Å². The van der Waals surface area contributed by atoms with Crippen LogP contribution in [0.3, 0.4) is 0 Å². The van der Waals surface area contributed by atoms with Crippen LogP contribution >= 0.6 is 0 Å². The summed E-state index contributed by atoms with van der Waals surface area (Å²) in [5.74, 6) is 0.0599. The first-order valence-electron chi connectivity index (χ1n) is 12.1. The fourth-order valence-corrected chi connectivity index (χ4v) is 3.76. The van der Waals surface area contributed by atoms with Gasteiger partial charge in [-0.2, -0.15) is 0 Å². The predicted octanol–water partition coefficient (Wildman–Crippen LogP) is 7.99. The Morgan fingerprint density at radius 3 is 1.64 bits per heavy atom. The summed E-state index contributed by atoms with van der Waals surface area (Å²) in [6.07, 6.45) is 22.1. The van der Waals surface area contributed by atoms with Crippen LogP contribution in [0.4, 0.5) is 0 Å². The third kappa shape index (κ3) is 13.8. The molecule has 1 aromatic rings. The summed E-state index contributed by atoms with van der Waals surface area (Å²) in [4.78, 5) is 12.0. The summed E-state index contributed by atoms with van der Waals surface area (Å²) in [7, 11) is 0. The van der Waals surface area contributed by atoms with Crippen LogP contribution in [0.25, 0.3) is 0 Å². The van der Waals surface area contributed by atoms with Crippen LogP contribution in [0, 0.1) is 6.92 Å². The van der Waals surface area contributed by atoms with Gasteiger partial charge in [-0.05, 0) is 25.5 Å². The molecule has 160 valence electrons. The molecule has 0 aliphatic carbocycles. The minimum Gasteiger partial charge on any atom is -0.352 e. The van der Waals surface area contributed by atoms with E-state index in [-0.39, 0.29) is 5.91 Å². The molecule has 0 saturated carbocycles. The molecule has 0 aliphatic heterocycles. The van der Waals surface area contributed by atoms with E-state index in [0.717, 1.165) is 24.1 Å². The maximum atomic E-state index is 12.0. The minimum atomic E-state index is 0.0599. The monoisotopic (exact) mass is 387 g/mol. The second kappa shape index (κ2) is 17.8. The molecule has 0 saturated heterocycles. The molecule has 1 N–H and O–H groups in total. The van der Waals surface area contributed by atoms with E-state index in [1.54, 1.807) is 0 Å². The quantitative estimate of drug-likeness (QED) is 0.254. The van der Waals surface area contributed by atoms with Crippen molar-refractivity contribution in [1.82, 2.24) is 5.32 Å². The van der Waals surface area contributed by atoms with Crippen molar-refractivity contribution in [3.8, 4) is 0 Å². The van der Waals surface area contributed by atoms with Gasteiger partial charge in [0, 0.05) is 12.1 Å².